The minimum absolute atomic E-state index is 0.565. The molecule has 4 nitrogen and oxygen atoms in total. The van der Waals surface area contributed by atoms with E-state index in [1.807, 2.05) is 0 Å². The summed E-state index contributed by atoms with van der Waals surface area (Å²) in [6.07, 6.45) is 6.04. The van der Waals surface area contributed by atoms with Crippen LogP contribution in [0.15, 0.2) is 0 Å². The Morgan fingerprint density at radius 2 is 1.86 bits per heavy atom. The molecule has 5 heteroatoms. The quantitative estimate of drug-likeness (QED) is 0.683. The predicted octanol–water partition coefficient (Wildman–Crippen LogP) is 0.412. The van der Waals surface area contributed by atoms with E-state index in [-0.39, 0.29) is 0 Å². The smallest absolute Gasteiger partial charge is 0.208 e. The van der Waals surface area contributed by atoms with E-state index in [2.05, 4.69) is 9.62 Å². The van der Waals surface area contributed by atoms with Crippen LogP contribution in [0.2, 0.25) is 0 Å². The molecule has 1 rings (SSSR count). The van der Waals surface area contributed by atoms with Crippen molar-refractivity contribution in [3.05, 3.63) is 0 Å². The van der Waals surface area contributed by atoms with Crippen molar-refractivity contribution >= 4 is 10.0 Å². The largest absolute Gasteiger partial charge is 0.303 e. The van der Waals surface area contributed by atoms with Crippen LogP contribution in [0.3, 0.4) is 0 Å². The lowest BCUT2D eigenvalue weighted by Crippen LogP contribution is -2.33. The molecular formula is C9H20N2O2S. The zero-order valence-corrected chi connectivity index (χ0v) is 9.65. The molecule has 0 amide bonds. The summed E-state index contributed by atoms with van der Waals surface area (Å²) in [7, 11) is -3.00. The van der Waals surface area contributed by atoms with Crippen LogP contribution in [0.1, 0.15) is 25.7 Å². The summed E-state index contributed by atoms with van der Waals surface area (Å²) in [5.74, 6) is 0. The molecule has 0 unspecified atom stereocenters. The predicted molar refractivity (Wildman–Crippen MR) is 57.8 cm³/mol. The number of nitrogens with zero attached hydrogens (tertiary/aromatic N) is 1. The molecule has 0 atom stereocenters. The number of rotatable bonds is 5. The van der Waals surface area contributed by atoms with Crippen molar-refractivity contribution in [2.75, 3.05) is 32.4 Å². The molecule has 1 aliphatic rings. The number of sulfonamides is 1. The van der Waals surface area contributed by atoms with Crippen LogP contribution in [0, 0.1) is 0 Å². The lowest BCUT2D eigenvalue weighted by molar-refractivity contribution is 0.227. The lowest BCUT2D eigenvalue weighted by atomic mass is 10.1. The Bertz CT molecular complexity index is 246. The van der Waals surface area contributed by atoms with Gasteiger partial charge in [-0.05, 0) is 38.9 Å². The van der Waals surface area contributed by atoms with E-state index in [1.165, 1.54) is 38.6 Å². The number of piperidine rings is 1. The fourth-order valence-electron chi connectivity index (χ4n) is 1.74. The van der Waals surface area contributed by atoms with Gasteiger partial charge in [0.05, 0.1) is 6.26 Å². The molecule has 1 heterocycles. The molecule has 0 bridgehead atoms. The SMILES string of the molecule is CS(=O)(=O)NCCCN1CCCCC1. The second-order valence-corrected chi connectivity index (χ2v) is 5.76. The van der Waals surface area contributed by atoms with Gasteiger partial charge in [-0.25, -0.2) is 13.1 Å². The Hall–Kier alpha value is -0.130. The van der Waals surface area contributed by atoms with E-state index in [0.717, 1.165) is 13.0 Å². The molecule has 1 saturated heterocycles. The Morgan fingerprint density at radius 3 is 2.43 bits per heavy atom. The first-order valence-corrected chi connectivity index (χ1v) is 7.14. The third-order valence-electron chi connectivity index (χ3n) is 2.46. The Balaban J connectivity index is 2.03. The van der Waals surface area contributed by atoms with Crippen molar-refractivity contribution in [2.45, 2.75) is 25.7 Å². The molecular weight excluding hydrogens is 200 g/mol. The van der Waals surface area contributed by atoms with Gasteiger partial charge in [-0.1, -0.05) is 6.42 Å². The van der Waals surface area contributed by atoms with Crippen molar-refractivity contribution in [3.63, 3.8) is 0 Å². The fraction of sp³-hybridized carbons (Fsp3) is 1.00. The van der Waals surface area contributed by atoms with E-state index in [1.54, 1.807) is 0 Å². The maximum absolute atomic E-state index is 10.8. The molecule has 84 valence electrons. The molecule has 1 fully saturated rings. The van der Waals surface area contributed by atoms with Gasteiger partial charge < -0.3 is 4.90 Å². The molecule has 0 aliphatic carbocycles. The van der Waals surface area contributed by atoms with Gasteiger partial charge >= 0.3 is 0 Å². The molecule has 14 heavy (non-hydrogen) atoms. The third kappa shape index (κ3) is 5.57. The molecule has 1 aliphatic heterocycles. The van der Waals surface area contributed by atoms with Gasteiger partial charge in [0.1, 0.15) is 0 Å². The first-order valence-electron chi connectivity index (χ1n) is 5.25. The summed E-state index contributed by atoms with van der Waals surface area (Å²) in [6.45, 7) is 3.94. The molecule has 0 spiro atoms. The topological polar surface area (TPSA) is 49.4 Å². The van der Waals surface area contributed by atoms with Gasteiger partial charge in [0, 0.05) is 6.54 Å². The zero-order valence-electron chi connectivity index (χ0n) is 8.83. The highest BCUT2D eigenvalue weighted by Gasteiger charge is 2.09. The highest BCUT2D eigenvalue weighted by atomic mass is 32.2. The zero-order chi connectivity index (χ0) is 10.4. The molecule has 0 saturated carbocycles. The van der Waals surface area contributed by atoms with E-state index in [4.69, 9.17) is 0 Å². The monoisotopic (exact) mass is 220 g/mol. The summed E-state index contributed by atoms with van der Waals surface area (Å²) in [6, 6.07) is 0. The van der Waals surface area contributed by atoms with Crippen molar-refractivity contribution in [3.8, 4) is 0 Å². The van der Waals surface area contributed by atoms with Crippen molar-refractivity contribution in [1.82, 2.24) is 9.62 Å². The number of nitrogens with one attached hydrogen (secondary N) is 1. The first kappa shape index (κ1) is 11.9. The summed E-state index contributed by atoms with van der Waals surface area (Å²) >= 11 is 0. The average molecular weight is 220 g/mol. The van der Waals surface area contributed by atoms with Crippen molar-refractivity contribution in [1.29, 1.82) is 0 Å². The minimum atomic E-state index is -3.00. The van der Waals surface area contributed by atoms with Gasteiger partial charge in [-0.2, -0.15) is 0 Å². The lowest BCUT2D eigenvalue weighted by Gasteiger charge is -2.26. The number of hydrogen-bond donors (Lipinski definition) is 1. The minimum Gasteiger partial charge on any atom is -0.303 e. The average Bonchev–Trinajstić information content (AvgIpc) is 2.13. The molecule has 0 radical (unpaired) electrons. The van der Waals surface area contributed by atoms with Crippen LogP contribution < -0.4 is 4.72 Å². The Labute approximate surface area is 86.7 Å². The number of hydrogen-bond acceptors (Lipinski definition) is 3. The maximum atomic E-state index is 10.8. The van der Waals surface area contributed by atoms with Crippen LogP contribution in [-0.4, -0.2) is 45.8 Å². The Morgan fingerprint density at radius 1 is 1.21 bits per heavy atom. The molecule has 0 aromatic rings. The van der Waals surface area contributed by atoms with Gasteiger partial charge in [0.25, 0.3) is 0 Å². The van der Waals surface area contributed by atoms with Crippen LogP contribution in [0.25, 0.3) is 0 Å². The summed E-state index contributed by atoms with van der Waals surface area (Å²) < 4.78 is 24.0. The second kappa shape index (κ2) is 5.68. The normalized spacial score (nSPS) is 19.8. The van der Waals surface area contributed by atoms with Crippen LogP contribution >= 0.6 is 0 Å². The highest BCUT2D eigenvalue weighted by molar-refractivity contribution is 7.88. The van der Waals surface area contributed by atoms with Crippen LogP contribution in [-0.2, 0) is 10.0 Å². The standard InChI is InChI=1S/C9H20N2O2S/c1-14(12,13)10-6-5-9-11-7-3-2-4-8-11/h10H,2-9H2,1H3. The van der Waals surface area contributed by atoms with E-state index in [9.17, 15) is 8.42 Å². The van der Waals surface area contributed by atoms with Crippen LogP contribution in [0.4, 0.5) is 0 Å². The summed E-state index contributed by atoms with van der Waals surface area (Å²) in [5.41, 5.74) is 0. The second-order valence-electron chi connectivity index (χ2n) is 3.92. The molecule has 0 aromatic heterocycles. The van der Waals surface area contributed by atoms with Gasteiger partial charge in [0.15, 0.2) is 0 Å². The summed E-state index contributed by atoms with van der Waals surface area (Å²) in [4.78, 5) is 2.41. The van der Waals surface area contributed by atoms with Gasteiger partial charge in [-0.3, -0.25) is 0 Å². The van der Waals surface area contributed by atoms with Gasteiger partial charge in [0.2, 0.25) is 10.0 Å². The van der Waals surface area contributed by atoms with Crippen LogP contribution in [0.5, 0.6) is 0 Å². The first-order chi connectivity index (χ1) is 6.58. The summed E-state index contributed by atoms with van der Waals surface area (Å²) in [5, 5.41) is 0. The van der Waals surface area contributed by atoms with Crippen molar-refractivity contribution in [2.24, 2.45) is 0 Å². The maximum Gasteiger partial charge on any atom is 0.208 e. The Kier molecular flexibility index (Phi) is 4.84. The number of likely N-dealkylation sites (tertiary alicyclic amines) is 1. The molecule has 0 aromatic carbocycles. The fourth-order valence-corrected chi connectivity index (χ4v) is 2.26. The van der Waals surface area contributed by atoms with E-state index >= 15 is 0 Å². The van der Waals surface area contributed by atoms with Gasteiger partial charge in [-0.15, -0.1) is 0 Å². The molecule has 1 N–H and O–H groups in total. The van der Waals surface area contributed by atoms with Crippen molar-refractivity contribution < 1.29 is 8.42 Å². The van der Waals surface area contributed by atoms with E-state index in [0.29, 0.717) is 6.54 Å². The highest BCUT2D eigenvalue weighted by Crippen LogP contribution is 2.08. The van der Waals surface area contributed by atoms with E-state index < -0.39 is 10.0 Å². The third-order valence-corrected chi connectivity index (χ3v) is 3.19.